The van der Waals surface area contributed by atoms with Crippen LogP contribution in [0.25, 0.3) is 16.9 Å². The Kier molecular flexibility index (Phi) is 3.44. The van der Waals surface area contributed by atoms with E-state index >= 15 is 0 Å². The van der Waals surface area contributed by atoms with Gasteiger partial charge in [-0.15, -0.1) is 5.10 Å². The molecule has 3 aromatic rings. The lowest BCUT2D eigenvalue weighted by molar-refractivity contribution is -0.137. The molecule has 24 heavy (non-hydrogen) atoms. The van der Waals surface area contributed by atoms with Crippen molar-refractivity contribution in [2.24, 2.45) is 5.92 Å². The van der Waals surface area contributed by atoms with Crippen molar-refractivity contribution in [1.82, 2.24) is 14.6 Å². The quantitative estimate of drug-likeness (QED) is 0.777. The number of aromatic nitrogens is 3. The van der Waals surface area contributed by atoms with Crippen LogP contribution in [0.2, 0.25) is 0 Å². The predicted molar refractivity (Wildman–Crippen MR) is 84.6 cm³/mol. The highest BCUT2D eigenvalue weighted by Crippen LogP contribution is 2.32. The second kappa shape index (κ2) is 5.51. The van der Waals surface area contributed by atoms with Crippen molar-refractivity contribution in [2.75, 3.05) is 11.9 Å². The van der Waals surface area contributed by atoms with Gasteiger partial charge in [-0.3, -0.25) is 0 Å². The fourth-order valence-electron chi connectivity index (χ4n) is 2.59. The molecule has 124 valence electrons. The van der Waals surface area contributed by atoms with Crippen LogP contribution < -0.4 is 5.32 Å². The third-order valence-electron chi connectivity index (χ3n) is 4.12. The van der Waals surface area contributed by atoms with Crippen LogP contribution in [0.4, 0.5) is 19.0 Å². The third-order valence-corrected chi connectivity index (χ3v) is 4.12. The summed E-state index contributed by atoms with van der Waals surface area (Å²) in [4.78, 5) is 4.23. The first-order chi connectivity index (χ1) is 11.5. The molecule has 1 saturated carbocycles. The average Bonchev–Trinajstić information content (AvgIpc) is 3.30. The number of benzene rings is 1. The molecule has 2 aromatic heterocycles. The summed E-state index contributed by atoms with van der Waals surface area (Å²) in [6.45, 7) is 0.867. The molecular weight excluding hydrogens is 317 g/mol. The van der Waals surface area contributed by atoms with Crippen molar-refractivity contribution in [3.63, 3.8) is 0 Å². The Morgan fingerprint density at radius 3 is 2.75 bits per heavy atom. The number of halogens is 3. The molecule has 0 atom stereocenters. The minimum Gasteiger partial charge on any atom is -0.368 e. The van der Waals surface area contributed by atoms with Gasteiger partial charge in [-0.2, -0.15) is 13.2 Å². The van der Waals surface area contributed by atoms with E-state index in [-0.39, 0.29) is 0 Å². The van der Waals surface area contributed by atoms with E-state index in [9.17, 15) is 13.2 Å². The number of alkyl halides is 3. The third kappa shape index (κ3) is 2.93. The summed E-state index contributed by atoms with van der Waals surface area (Å²) >= 11 is 0. The molecule has 0 spiro atoms. The molecule has 0 unspecified atom stereocenters. The molecule has 0 aliphatic heterocycles. The van der Waals surface area contributed by atoms with Crippen molar-refractivity contribution in [2.45, 2.75) is 19.0 Å². The van der Waals surface area contributed by atoms with Gasteiger partial charge in [0.2, 0.25) is 0 Å². The van der Waals surface area contributed by atoms with Crippen molar-refractivity contribution in [3.05, 3.63) is 48.2 Å². The topological polar surface area (TPSA) is 42.2 Å². The van der Waals surface area contributed by atoms with Crippen molar-refractivity contribution < 1.29 is 13.2 Å². The Morgan fingerprint density at radius 1 is 1.17 bits per heavy atom. The second-order valence-corrected chi connectivity index (χ2v) is 6.03. The zero-order valence-corrected chi connectivity index (χ0v) is 12.7. The maximum absolute atomic E-state index is 12.9. The summed E-state index contributed by atoms with van der Waals surface area (Å²) in [5.41, 5.74) is 0.882. The summed E-state index contributed by atoms with van der Waals surface area (Å²) in [6.07, 6.45) is -0.366. The van der Waals surface area contributed by atoms with Crippen LogP contribution in [0.3, 0.4) is 0 Å². The number of fused-ring (bicyclic) bond motifs is 1. The molecular formula is C17H15F3N4. The molecule has 1 aromatic carbocycles. The monoisotopic (exact) mass is 332 g/mol. The summed E-state index contributed by atoms with van der Waals surface area (Å²) in [5.74, 6) is 1.40. The Hall–Kier alpha value is -2.57. The number of hydrogen-bond donors (Lipinski definition) is 1. The summed E-state index contributed by atoms with van der Waals surface area (Å²) in [7, 11) is 0. The average molecular weight is 332 g/mol. The van der Waals surface area contributed by atoms with Crippen molar-refractivity contribution >= 4 is 11.5 Å². The van der Waals surface area contributed by atoms with Gasteiger partial charge in [-0.25, -0.2) is 9.50 Å². The zero-order valence-electron chi connectivity index (χ0n) is 12.7. The van der Waals surface area contributed by atoms with Gasteiger partial charge in [0.15, 0.2) is 5.65 Å². The van der Waals surface area contributed by atoms with E-state index in [1.807, 2.05) is 6.07 Å². The molecule has 0 bridgehead atoms. The molecule has 4 rings (SSSR count). The SMILES string of the molecule is FC(F)(F)c1cccc(-c2cnc3ccc(NCC4CC4)nn23)c1. The van der Waals surface area contributed by atoms with Crippen LogP contribution in [0.1, 0.15) is 18.4 Å². The Balaban J connectivity index is 1.71. The van der Waals surface area contributed by atoms with Crippen LogP contribution in [0.5, 0.6) is 0 Å². The number of anilines is 1. The molecule has 0 saturated heterocycles. The standard InChI is InChI=1S/C17H15F3N4/c18-17(19,20)13-3-1-2-12(8-13)14-10-22-16-7-6-15(23-24(14)16)21-9-11-4-5-11/h1-3,6-8,10-11H,4-5,9H2,(H,21,23). The second-order valence-electron chi connectivity index (χ2n) is 6.03. The maximum atomic E-state index is 12.9. The summed E-state index contributed by atoms with van der Waals surface area (Å²) in [6, 6.07) is 8.84. The zero-order chi connectivity index (χ0) is 16.7. The highest BCUT2D eigenvalue weighted by Gasteiger charge is 2.30. The fraction of sp³-hybridized carbons (Fsp3) is 0.294. The Labute approximate surface area is 136 Å². The first-order valence-corrected chi connectivity index (χ1v) is 7.77. The van der Waals surface area contributed by atoms with Gasteiger partial charge in [0, 0.05) is 12.1 Å². The molecule has 7 heteroatoms. The van der Waals surface area contributed by atoms with Crippen LogP contribution >= 0.6 is 0 Å². The first kappa shape index (κ1) is 15.0. The smallest absolute Gasteiger partial charge is 0.368 e. The fourth-order valence-corrected chi connectivity index (χ4v) is 2.59. The van der Waals surface area contributed by atoms with E-state index in [0.29, 0.717) is 28.6 Å². The predicted octanol–water partition coefficient (Wildman–Crippen LogP) is 4.24. The van der Waals surface area contributed by atoms with E-state index in [4.69, 9.17) is 0 Å². The molecule has 1 fully saturated rings. The highest BCUT2D eigenvalue weighted by atomic mass is 19.4. The molecule has 1 aliphatic carbocycles. The number of imidazole rings is 1. The van der Waals surface area contributed by atoms with Crippen molar-refractivity contribution in [1.29, 1.82) is 0 Å². The minimum absolute atomic E-state index is 0.434. The first-order valence-electron chi connectivity index (χ1n) is 7.77. The number of nitrogens with zero attached hydrogens (tertiary/aromatic N) is 3. The van der Waals surface area contributed by atoms with Gasteiger partial charge in [-0.1, -0.05) is 12.1 Å². The lowest BCUT2D eigenvalue weighted by atomic mass is 10.1. The molecule has 4 nitrogen and oxygen atoms in total. The number of hydrogen-bond acceptors (Lipinski definition) is 3. The van der Waals surface area contributed by atoms with Gasteiger partial charge < -0.3 is 5.32 Å². The van der Waals surface area contributed by atoms with Gasteiger partial charge >= 0.3 is 6.18 Å². The normalized spacial score (nSPS) is 15.0. The van der Waals surface area contributed by atoms with Crippen LogP contribution in [-0.4, -0.2) is 21.1 Å². The van der Waals surface area contributed by atoms with Crippen LogP contribution in [0.15, 0.2) is 42.6 Å². The van der Waals surface area contributed by atoms with E-state index in [1.54, 1.807) is 22.8 Å². The lowest BCUT2D eigenvalue weighted by Gasteiger charge is -2.09. The molecule has 2 heterocycles. The van der Waals surface area contributed by atoms with Gasteiger partial charge in [-0.05, 0) is 43.0 Å². The number of nitrogens with one attached hydrogen (secondary N) is 1. The van der Waals surface area contributed by atoms with Gasteiger partial charge in [0.1, 0.15) is 5.82 Å². The van der Waals surface area contributed by atoms with E-state index in [2.05, 4.69) is 15.4 Å². The summed E-state index contributed by atoms with van der Waals surface area (Å²) in [5, 5.41) is 7.73. The van der Waals surface area contributed by atoms with Crippen molar-refractivity contribution in [3.8, 4) is 11.3 Å². The molecule has 1 aliphatic rings. The molecule has 0 amide bonds. The van der Waals surface area contributed by atoms with E-state index in [1.165, 1.54) is 18.9 Å². The van der Waals surface area contributed by atoms with Gasteiger partial charge in [0.25, 0.3) is 0 Å². The Morgan fingerprint density at radius 2 is 2.00 bits per heavy atom. The largest absolute Gasteiger partial charge is 0.416 e. The maximum Gasteiger partial charge on any atom is 0.416 e. The van der Waals surface area contributed by atoms with Crippen LogP contribution in [0, 0.1) is 5.92 Å². The van der Waals surface area contributed by atoms with E-state index in [0.717, 1.165) is 18.7 Å². The molecule has 1 N–H and O–H groups in total. The van der Waals surface area contributed by atoms with Crippen LogP contribution in [-0.2, 0) is 6.18 Å². The Bertz CT molecular complexity index is 881. The minimum atomic E-state index is -4.37. The lowest BCUT2D eigenvalue weighted by Crippen LogP contribution is -2.07. The van der Waals surface area contributed by atoms with Gasteiger partial charge in [0.05, 0.1) is 17.5 Å². The van der Waals surface area contributed by atoms with E-state index < -0.39 is 11.7 Å². The summed E-state index contributed by atoms with van der Waals surface area (Å²) < 4.78 is 40.3. The number of rotatable bonds is 4. The highest BCUT2D eigenvalue weighted by molar-refractivity contribution is 5.64. The molecule has 0 radical (unpaired) electrons.